The van der Waals surface area contributed by atoms with Crippen LogP contribution in [0.5, 0.6) is 40.2 Å². The molecule has 0 saturated heterocycles. The summed E-state index contributed by atoms with van der Waals surface area (Å²) in [5.41, 5.74) is -0.839. The lowest BCUT2D eigenvalue weighted by atomic mass is 10.1. The molecule has 0 saturated carbocycles. The van der Waals surface area contributed by atoms with Gasteiger partial charge in [-0.05, 0) is 18.2 Å². The van der Waals surface area contributed by atoms with Gasteiger partial charge in [0.15, 0.2) is 28.6 Å². The second-order valence-electron chi connectivity index (χ2n) is 5.64. The minimum atomic E-state index is -0.919. The fourth-order valence-electron chi connectivity index (χ4n) is 2.95. The Kier molecular flexibility index (Phi) is 3.65. The molecule has 0 unspecified atom stereocenters. The average molecular weight is 374 g/mol. The maximum Gasteiger partial charge on any atom is 0.239 e. The van der Waals surface area contributed by atoms with Crippen LogP contribution in [-0.4, -0.2) is 36.3 Å². The normalized spacial score (nSPS) is 12.4. The summed E-state index contributed by atoms with van der Waals surface area (Å²) < 4.78 is 26.2. The Labute approximate surface area is 151 Å². The molecule has 0 fully saturated rings. The second-order valence-corrected chi connectivity index (χ2v) is 5.64. The van der Waals surface area contributed by atoms with Gasteiger partial charge < -0.3 is 38.7 Å². The van der Waals surface area contributed by atoms with Crippen LogP contribution < -0.4 is 24.4 Å². The first-order chi connectivity index (χ1) is 13.0. The predicted molar refractivity (Wildman–Crippen MR) is 92.1 cm³/mol. The van der Waals surface area contributed by atoms with E-state index >= 15 is 0 Å². The Morgan fingerprint density at radius 2 is 1.63 bits per heavy atom. The number of aromatic hydroxyl groups is 3. The van der Waals surface area contributed by atoms with Gasteiger partial charge in [-0.2, -0.15) is 0 Å². The number of methoxy groups -OCH3 is 2. The van der Waals surface area contributed by atoms with Crippen LogP contribution in [0, 0.1) is 0 Å². The van der Waals surface area contributed by atoms with Crippen LogP contribution in [0.15, 0.2) is 27.4 Å². The first kappa shape index (κ1) is 16.7. The van der Waals surface area contributed by atoms with Crippen molar-refractivity contribution in [2.24, 2.45) is 0 Å². The molecule has 3 aromatic rings. The third-order valence-electron chi connectivity index (χ3n) is 4.22. The van der Waals surface area contributed by atoms with Gasteiger partial charge in [0.2, 0.25) is 35.2 Å². The molecule has 1 aliphatic heterocycles. The number of ether oxygens (including phenoxy) is 4. The number of hydrogen-bond donors (Lipinski definition) is 3. The van der Waals surface area contributed by atoms with E-state index in [1.165, 1.54) is 20.3 Å². The summed E-state index contributed by atoms with van der Waals surface area (Å²) in [5, 5.41) is 30.5. The molecule has 0 amide bonds. The van der Waals surface area contributed by atoms with Crippen molar-refractivity contribution in [2.75, 3.05) is 21.0 Å². The number of fused-ring (bicyclic) bond motifs is 2. The first-order valence-corrected chi connectivity index (χ1v) is 7.73. The van der Waals surface area contributed by atoms with Gasteiger partial charge >= 0.3 is 0 Å². The molecule has 0 bridgehead atoms. The van der Waals surface area contributed by atoms with Crippen LogP contribution in [0.4, 0.5) is 0 Å². The standard InChI is InChI=1S/C18H14O9/c1-23-17-12(20)10-11(19)13(21)15(27-16(10)18(24-2)14(17)22)7-3-4-8-9(5-7)26-6-25-8/h3-5,20-22H,6H2,1-2H3. The number of phenols is 2. The Bertz CT molecular complexity index is 1130. The topological polar surface area (TPSA) is 128 Å². The molecule has 3 N–H and O–H groups in total. The zero-order valence-corrected chi connectivity index (χ0v) is 14.2. The molecule has 4 rings (SSSR count). The van der Waals surface area contributed by atoms with Crippen LogP contribution in [0.25, 0.3) is 22.3 Å². The van der Waals surface area contributed by atoms with Crippen molar-refractivity contribution in [2.45, 2.75) is 0 Å². The molecule has 0 radical (unpaired) electrons. The van der Waals surface area contributed by atoms with E-state index in [1.807, 2.05) is 0 Å². The van der Waals surface area contributed by atoms with Gasteiger partial charge in [-0.25, -0.2) is 0 Å². The number of rotatable bonds is 3. The Morgan fingerprint density at radius 1 is 0.926 bits per heavy atom. The average Bonchev–Trinajstić information content (AvgIpc) is 3.12. The van der Waals surface area contributed by atoms with E-state index in [2.05, 4.69) is 0 Å². The highest BCUT2D eigenvalue weighted by Crippen LogP contribution is 2.50. The van der Waals surface area contributed by atoms with Crippen LogP contribution >= 0.6 is 0 Å². The summed E-state index contributed by atoms with van der Waals surface area (Å²) in [7, 11) is 2.45. The summed E-state index contributed by atoms with van der Waals surface area (Å²) in [6, 6.07) is 4.69. The van der Waals surface area contributed by atoms with Crippen molar-refractivity contribution < 1.29 is 38.7 Å². The Hall–Kier alpha value is -3.75. The molecule has 9 nitrogen and oxygen atoms in total. The molecular formula is C18H14O9. The summed E-state index contributed by atoms with van der Waals surface area (Å²) in [5.74, 6) is -1.80. The van der Waals surface area contributed by atoms with Gasteiger partial charge in [-0.1, -0.05) is 0 Å². The quantitative estimate of drug-likeness (QED) is 0.633. The fraction of sp³-hybridized carbons (Fsp3) is 0.167. The van der Waals surface area contributed by atoms with E-state index in [0.717, 1.165) is 0 Å². The molecule has 140 valence electrons. The highest BCUT2D eigenvalue weighted by atomic mass is 16.7. The van der Waals surface area contributed by atoms with E-state index in [0.29, 0.717) is 17.1 Å². The lowest BCUT2D eigenvalue weighted by Gasteiger charge is -2.14. The van der Waals surface area contributed by atoms with Gasteiger partial charge in [-0.15, -0.1) is 0 Å². The van der Waals surface area contributed by atoms with Crippen molar-refractivity contribution in [3.8, 4) is 51.6 Å². The maximum atomic E-state index is 12.7. The monoisotopic (exact) mass is 374 g/mol. The van der Waals surface area contributed by atoms with Crippen molar-refractivity contribution in [1.29, 1.82) is 0 Å². The smallest absolute Gasteiger partial charge is 0.239 e. The highest BCUT2D eigenvalue weighted by Gasteiger charge is 2.28. The minimum Gasteiger partial charge on any atom is -0.504 e. The number of benzene rings is 2. The third kappa shape index (κ3) is 2.28. The van der Waals surface area contributed by atoms with E-state index in [-0.39, 0.29) is 35.0 Å². The number of hydrogen-bond acceptors (Lipinski definition) is 9. The summed E-state index contributed by atoms with van der Waals surface area (Å²) >= 11 is 0. The van der Waals surface area contributed by atoms with Crippen LogP contribution in [-0.2, 0) is 0 Å². The van der Waals surface area contributed by atoms with Gasteiger partial charge in [0, 0.05) is 5.56 Å². The molecule has 0 aliphatic carbocycles. The molecule has 27 heavy (non-hydrogen) atoms. The Morgan fingerprint density at radius 3 is 2.33 bits per heavy atom. The third-order valence-corrected chi connectivity index (χ3v) is 4.22. The van der Waals surface area contributed by atoms with Crippen molar-refractivity contribution in [3.05, 3.63) is 28.4 Å². The number of phenolic OH excluding ortho intramolecular Hbond substituents is 2. The molecule has 2 heterocycles. The van der Waals surface area contributed by atoms with Crippen LogP contribution in [0.3, 0.4) is 0 Å². The van der Waals surface area contributed by atoms with E-state index in [4.69, 9.17) is 23.4 Å². The first-order valence-electron chi connectivity index (χ1n) is 7.73. The van der Waals surface area contributed by atoms with Crippen molar-refractivity contribution >= 4 is 11.0 Å². The largest absolute Gasteiger partial charge is 0.504 e. The molecule has 1 aromatic heterocycles. The zero-order valence-electron chi connectivity index (χ0n) is 14.2. The molecule has 1 aliphatic rings. The Balaban J connectivity index is 2.07. The highest BCUT2D eigenvalue weighted by molar-refractivity contribution is 5.96. The maximum absolute atomic E-state index is 12.7. The molecule has 0 atom stereocenters. The predicted octanol–water partition coefficient (Wildman–Crippen LogP) is 2.32. The zero-order chi connectivity index (χ0) is 19.3. The molecule has 0 spiro atoms. The van der Waals surface area contributed by atoms with Crippen molar-refractivity contribution in [3.63, 3.8) is 0 Å². The molecular weight excluding hydrogens is 360 g/mol. The van der Waals surface area contributed by atoms with Crippen molar-refractivity contribution in [1.82, 2.24) is 0 Å². The minimum absolute atomic E-state index is 0.0573. The SMILES string of the molecule is COc1c(O)c(OC)c2oc(-c3ccc4c(c3)OCO4)c(O)c(=O)c2c1O. The second kappa shape index (κ2) is 5.90. The summed E-state index contributed by atoms with van der Waals surface area (Å²) in [6.07, 6.45) is 0. The van der Waals surface area contributed by atoms with E-state index < -0.39 is 22.7 Å². The van der Waals surface area contributed by atoms with Gasteiger partial charge in [0.05, 0.1) is 14.2 Å². The summed E-state index contributed by atoms with van der Waals surface area (Å²) in [6.45, 7) is 0.0573. The summed E-state index contributed by atoms with van der Waals surface area (Å²) in [4.78, 5) is 12.7. The lowest BCUT2D eigenvalue weighted by molar-refractivity contribution is 0.174. The molecule has 9 heteroatoms. The van der Waals surface area contributed by atoms with Gasteiger partial charge in [-0.3, -0.25) is 4.79 Å². The van der Waals surface area contributed by atoms with E-state index in [1.54, 1.807) is 12.1 Å². The lowest BCUT2D eigenvalue weighted by Crippen LogP contribution is -2.05. The molecule has 2 aromatic carbocycles. The van der Waals surface area contributed by atoms with E-state index in [9.17, 15) is 20.1 Å². The van der Waals surface area contributed by atoms with Gasteiger partial charge in [0.1, 0.15) is 5.39 Å². The fourth-order valence-corrected chi connectivity index (χ4v) is 2.95. The van der Waals surface area contributed by atoms with Crippen LogP contribution in [0.2, 0.25) is 0 Å². The van der Waals surface area contributed by atoms with Crippen LogP contribution in [0.1, 0.15) is 0 Å². The van der Waals surface area contributed by atoms with Gasteiger partial charge in [0.25, 0.3) is 0 Å².